The standard InChI is InChI=1S/C15H24N4O/c1-3-6-16-14-9-13(4-7-17-14)15(20)18-10-12-5-8-19(2)11-12/h4,7,9,12H,3,5-6,8,10-11H2,1-2H3,(H,16,17)(H,18,20). The van der Waals surface area contributed by atoms with Gasteiger partial charge >= 0.3 is 0 Å². The summed E-state index contributed by atoms with van der Waals surface area (Å²) in [6.45, 7) is 5.92. The number of rotatable bonds is 6. The highest BCUT2D eigenvalue weighted by molar-refractivity contribution is 5.94. The predicted octanol–water partition coefficient (Wildman–Crippen LogP) is 1.58. The molecular weight excluding hydrogens is 252 g/mol. The van der Waals surface area contributed by atoms with Gasteiger partial charge in [-0.05, 0) is 44.5 Å². The van der Waals surface area contributed by atoms with E-state index in [0.717, 1.165) is 44.8 Å². The second kappa shape index (κ2) is 7.24. The van der Waals surface area contributed by atoms with Crippen LogP contribution >= 0.6 is 0 Å². The SMILES string of the molecule is CCCNc1cc(C(=O)NCC2CCN(C)C2)ccn1. The Kier molecular flexibility index (Phi) is 5.35. The van der Waals surface area contributed by atoms with E-state index in [4.69, 9.17) is 0 Å². The predicted molar refractivity (Wildman–Crippen MR) is 81.0 cm³/mol. The molecule has 2 heterocycles. The molecule has 110 valence electrons. The lowest BCUT2D eigenvalue weighted by Crippen LogP contribution is -2.30. The molecule has 0 radical (unpaired) electrons. The Balaban J connectivity index is 1.85. The lowest BCUT2D eigenvalue weighted by Gasteiger charge is -2.12. The van der Waals surface area contributed by atoms with Crippen LogP contribution in [0.3, 0.4) is 0 Å². The maximum Gasteiger partial charge on any atom is 0.251 e. The van der Waals surface area contributed by atoms with Crippen molar-refractivity contribution in [2.45, 2.75) is 19.8 Å². The summed E-state index contributed by atoms with van der Waals surface area (Å²) in [5, 5.41) is 6.22. The first-order valence-electron chi connectivity index (χ1n) is 7.35. The minimum Gasteiger partial charge on any atom is -0.370 e. The molecule has 20 heavy (non-hydrogen) atoms. The number of anilines is 1. The maximum absolute atomic E-state index is 12.1. The van der Waals surface area contributed by atoms with E-state index in [0.29, 0.717) is 11.5 Å². The highest BCUT2D eigenvalue weighted by Crippen LogP contribution is 2.13. The average Bonchev–Trinajstić information content (AvgIpc) is 2.88. The third-order valence-corrected chi connectivity index (χ3v) is 3.62. The Morgan fingerprint density at radius 3 is 3.10 bits per heavy atom. The molecule has 1 atom stereocenters. The molecule has 1 fully saturated rings. The van der Waals surface area contributed by atoms with Crippen molar-refractivity contribution in [1.29, 1.82) is 0 Å². The van der Waals surface area contributed by atoms with Crippen molar-refractivity contribution >= 4 is 11.7 Å². The monoisotopic (exact) mass is 276 g/mol. The van der Waals surface area contributed by atoms with Crippen LogP contribution in [0, 0.1) is 5.92 Å². The third-order valence-electron chi connectivity index (χ3n) is 3.62. The van der Waals surface area contributed by atoms with E-state index in [-0.39, 0.29) is 5.91 Å². The van der Waals surface area contributed by atoms with Crippen molar-refractivity contribution in [3.63, 3.8) is 0 Å². The molecule has 1 aromatic rings. The van der Waals surface area contributed by atoms with Crippen molar-refractivity contribution in [2.24, 2.45) is 5.92 Å². The van der Waals surface area contributed by atoms with Crippen LogP contribution in [0.5, 0.6) is 0 Å². The quantitative estimate of drug-likeness (QED) is 0.828. The van der Waals surface area contributed by atoms with Crippen molar-refractivity contribution in [2.75, 3.05) is 38.5 Å². The Bertz CT molecular complexity index is 449. The molecule has 1 saturated heterocycles. The molecule has 0 aromatic carbocycles. The van der Waals surface area contributed by atoms with Gasteiger partial charge < -0.3 is 15.5 Å². The van der Waals surface area contributed by atoms with Crippen molar-refractivity contribution in [3.8, 4) is 0 Å². The summed E-state index contributed by atoms with van der Waals surface area (Å²) in [4.78, 5) is 18.6. The van der Waals surface area contributed by atoms with Gasteiger partial charge in [0, 0.05) is 31.4 Å². The van der Waals surface area contributed by atoms with Gasteiger partial charge in [-0.15, -0.1) is 0 Å². The van der Waals surface area contributed by atoms with Gasteiger partial charge in [0.25, 0.3) is 5.91 Å². The first kappa shape index (κ1) is 14.8. The number of amides is 1. The molecule has 5 heteroatoms. The van der Waals surface area contributed by atoms with E-state index >= 15 is 0 Å². The number of hydrogen-bond donors (Lipinski definition) is 2. The fraction of sp³-hybridized carbons (Fsp3) is 0.600. The highest BCUT2D eigenvalue weighted by Gasteiger charge is 2.20. The van der Waals surface area contributed by atoms with Gasteiger partial charge in [-0.1, -0.05) is 6.92 Å². The van der Waals surface area contributed by atoms with Crippen LogP contribution in [0.15, 0.2) is 18.3 Å². The van der Waals surface area contributed by atoms with Crippen LogP contribution < -0.4 is 10.6 Å². The van der Waals surface area contributed by atoms with Crippen LogP contribution in [-0.2, 0) is 0 Å². The largest absolute Gasteiger partial charge is 0.370 e. The first-order chi connectivity index (χ1) is 9.69. The van der Waals surface area contributed by atoms with Crippen LogP contribution in [-0.4, -0.2) is 49.0 Å². The number of likely N-dealkylation sites (tertiary alicyclic amines) is 1. The zero-order chi connectivity index (χ0) is 14.4. The summed E-state index contributed by atoms with van der Waals surface area (Å²) in [6, 6.07) is 3.57. The van der Waals surface area contributed by atoms with E-state index in [9.17, 15) is 4.79 Å². The molecule has 1 unspecified atom stereocenters. The number of hydrogen-bond acceptors (Lipinski definition) is 4. The molecular formula is C15H24N4O. The van der Waals surface area contributed by atoms with E-state index in [2.05, 4.69) is 34.5 Å². The summed E-state index contributed by atoms with van der Waals surface area (Å²) < 4.78 is 0. The zero-order valence-electron chi connectivity index (χ0n) is 12.4. The molecule has 0 aliphatic carbocycles. The van der Waals surface area contributed by atoms with E-state index < -0.39 is 0 Å². The Morgan fingerprint density at radius 2 is 2.40 bits per heavy atom. The topological polar surface area (TPSA) is 57.3 Å². The highest BCUT2D eigenvalue weighted by atomic mass is 16.1. The molecule has 0 bridgehead atoms. The van der Waals surface area contributed by atoms with Crippen LogP contribution in [0.1, 0.15) is 30.1 Å². The van der Waals surface area contributed by atoms with Gasteiger partial charge in [0.15, 0.2) is 0 Å². The van der Waals surface area contributed by atoms with E-state index in [1.807, 2.05) is 6.07 Å². The van der Waals surface area contributed by atoms with Gasteiger partial charge in [-0.2, -0.15) is 0 Å². The second-order valence-electron chi connectivity index (χ2n) is 5.48. The summed E-state index contributed by atoms with van der Waals surface area (Å²) in [7, 11) is 2.12. The molecule has 1 aromatic heterocycles. The molecule has 1 amide bonds. The molecule has 2 N–H and O–H groups in total. The Hall–Kier alpha value is -1.62. The van der Waals surface area contributed by atoms with E-state index in [1.54, 1.807) is 12.3 Å². The van der Waals surface area contributed by atoms with Gasteiger partial charge in [-0.25, -0.2) is 4.98 Å². The number of carbonyl (C=O) groups is 1. The number of aromatic nitrogens is 1. The molecule has 0 spiro atoms. The molecule has 5 nitrogen and oxygen atoms in total. The van der Waals surface area contributed by atoms with Gasteiger partial charge in [0.1, 0.15) is 5.82 Å². The molecule has 0 saturated carbocycles. The normalized spacial score (nSPS) is 19.0. The van der Waals surface area contributed by atoms with Crippen molar-refractivity contribution in [1.82, 2.24) is 15.2 Å². The zero-order valence-corrected chi connectivity index (χ0v) is 12.4. The molecule has 1 aliphatic rings. The summed E-state index contributed by atoms with van der Waals surface area (Å²) >= 11 is 0. The second-order valence-corrected chi connectivity index (χ2v) is 5.48. The van der Waals surface area contributed by atoms with Crippen LogP contribution in [0.2, 0.25) is 0 Å². The van der Waals surface area contributed by atoms with Crippen LogP contribution in [0.4, 0.5) is 5.82 Å². The average molecular weight is 276 g/mol. The fourth-order valence-corrected chi connectivity index (χ4v) is 2.45. The van der Waals surface area contributed by atoms with E-state index in [1.165, 1.54) is 0 Å². The number of carbonyl (C=O) groups excluding carboxylic acids is 1. The third kappa shape index (κ3) is 4.20. The lowest BCUT2D eigenvalue weighted by molar-refractivity contribution is 0.0947. The first-order valence-corrected chi connectivity index (χ1v) is 7.35. The van der Waals surface area contributed by atoms with Gasteiger partial charge in [0.05, 0.1) is 0 Å². The summed E-state index contributed by atoms with van der Waals surface area (Å²) in [5.74, 6) is 1.32. The molecule has 1 aliphatic heterocycles. The fourth-order valence-electron chi connectivity index (χ4n) is 2.45. The smallest absolute Gasteiger partial charge is 0.251 e. The van der Waals surface area contributed by atoms with Crippen LogP contribution in [0.25, 0.3) is 0 Å². The summed E-state index contributed by atoms with van der Waals surface area (Å²) in [6.07, 6.45) is 3.87. The maximum atomic E-state index is 12.1. The number of nitrogens with zero attached hydrogens (tertiary/aromatic N) is 2. The lowest BCUT2D eigenvalue weighted by atomic mass is 10.1. The Labute approximate surface area is 120 Å². The van der Waals surface area contributed by atoms with Crippen molar-refractivity contribution < 1.29 is 4.79 Å². The summed E-state index contributed by atoms with van der Waals surface area (Å²) in [5.41, 5.74) is 0.671. The van der Waals surface area contributed by atoms with Gasteiger partial charge in [0.2, 0.25) is 0 Å². The Morgan fingerprint density at radius 1 is 1.55 bits per heavy atom. The molecule has 2 rings (SSSR count). The number of nitrogens with one attached hydrogen (secondary N) is 2. The minimum atomic E-state index is -0.0125. The van der Waals surface area contributed by atoms with Crippen molar-refractivity contribution in [3.05, 3.63) is 23.9 Å². The van der Waals surface area contributed by atoms with Gasteiger partial charge in [-0.3, -0.25) is 4.79 Å². The minimum absolute atomic E-state index is 0.0125. The number of pyridine rings is 1.